The summed E-state index contributed by atoms with van der Waals surface area (Å²) in [6.45, 7) is 10.9. The number of halogens is 2. The van der Waals surface area contributed by atoms with Crippen LogP contribution in [0, 0.1) is 17.7 Å². The minimum Gasteiger partial charge on any atom is -0.341 e. The number of aryl methyl sites for hydroxylation is 1. The molecular weight excluding hydrogens is 606 g/mol. The Morgan fingerprint density at radius 1 is 1.02 bits per heavy atom. The van der Waals surface area contributed by atoms with Crippen LogP contribution in [0.4, 0.5) is 8.78 Å². The van der Waals surface area contributed by atoms with Crippen molar-refractivity contribution >= 4 is 23.5 Å². The van der Waals surface area contributed by atoms with Gasteiger partial charge in [0.05, 0.1) is 6.04 Å². The second kappa shape index (κ2) is 16.0. The molecule has 1 aromatic heterocycles. The van der Waals surface area contributed by atoms with Gasteiger partial charge >= 0.3 is 0 Å². The summed E-state index contributed by atoms with van der Waals surface area (Å²) in [5.74, 6) is -2.75. The number of carbonyl (C=O) groups is 4. The molecule has 1 aromatic carbocycles. The number of Topliss-reactive ketones (excluding diaryl/α,β-unsaturated/α-hetero) is 1. The Morgan fingerprint density at radius 2 is 1.72 bits per heavy atom. The molecular formula is C35H50F2N6O4. The Balaban J connectivity index is 1.53. The predicted molar refractivity (Wildman–Crippen MR) is 175 cm³/mol. The summed E-state index contributed by atoms with van der Waals surface area (Å²) in [6.07, 6.45) is 2.97. The van der Waals surface area contributed by atoms with Crippen molar-refractivity contribution in [3.63, 3.8) is 0 Å². The van der Waals surface area contributed by atoms with Crippen LogP contribution in [0.2, 0.25) is 0 Å². The summed E-state index contributed by atoms with van der Waals surface area (Å²) in [6, 6.07) is 4.28. The second-order valence-corrected chi connectivity index (χ2v) is 13.5. The molecule has 2 aliphatic rings. The van der Waals surface area contributed by atoms with E-state index in [-0.39, 0.29) is 41.5 Å². The van der Waals surface area contributed by atoms with E-state index in [0.717, 1.165) is 32.6 Å². The van der Waals surface area contributed by atoms with E-state index in [4.69, 9.17) is 0 Å². The highest BCUT2D eigenvalue weighted by Gasteiger charge is 2.36. The van der Waals surface area contributed by atoms with E-state index in [1.54, 1.807) is 34.8 Å². The SMILES string of the molecule is CCn1nccc1C(=O)N[C@H](C(=O)Cc1ccc([C@H](C)C(NC(=O)C(C)F)C(=O)N2CCN(C)[C@H](C)C2)cc1F)C1CCC(C)CC1. The van der Waals surface area contributed by atoms with Gasteiger partial charge in [0.1, 0.15) is 17.6 Å². The van der Waals surface area contributed by atoms with E-state index >= 15 is 4.39 Å². The summed E-state index contributed by atoms with van der Waals surface area (Å²) in [7, 11) is 1.97. The van der Waals surface area contributed by atoms with Crippen LogP contribution in [-0.4, -0.2) is 94.1 Å². The van der Waals surface area contributed by atoms with Crippen molar-refractivity contribution in [2.75, 3.05) is 26.7 Å². The molecule has 2 fully saturated rings. The summed E-state index contributed by atoms with van der Waals surface area (Å²) < 4.78 is 31.2. The second-order valence-electron chi connectivity index (χ2n) is 13.5. The molecule has 0 spiro atoms. The van der Waals surface area contributed by atoms with Gasteiger partial charge in [0.25, 0.3) is 11.8 Å². The van der Waals surface area contributed by atoms with Gasteiger partial charge in [0.15, 0.2) is 12.0 Å². The number of hydrogen-bond acceptors (Lipinski definition) is 6. The lowest BCUT2D eigenvalue weighted by Gasteiger charge is -2.40. The van der Waals surface area contributed by atoms with Gasteiger partial charge in [-0.3, -0.25) is 23.9 Å². The zero-order valence-corrected chi connectivity index (χ0v) is 28.5. The van der Waals surface area contributed by atoms with Crippen LogP contribution in [-0.2, 0) is 27.3 Å². The number of nitrogens with zero attached hydrogens (tertiary/aromatic N) is 4. The normalized spacial score (nSPS) is 23.0. The highest BCUT2D eigenvalue weighted by molar-refractivity contribution is 5.97. The quantitative estimate of drug-likeness (QED) is 0.358. The van der Waals surface area contributed by atoms with E-state index in [2.05, 4.69) is 27.6 Å². The summed E-state index contributed by atoms with van der Waals surface area (Å²) >= 11 is 0. The molecule has 0 radical (unpaired) electrons. The van der Waals surface area contributed by atoms with Crippen LogP contribution < -0.4 is 10.6 Å². The van der Waals surface area contributed by atoms with Crippen molar-refractivity contribution in [3.8, 4) is 0 Å². The van der Waals surface area contributed by atoms with Crippen LogP contribution in [0.3, 0.4) is 0 Å². The minimum absolute atomic E-state index is 0.0615. The topological polar surface area (TPSA) is 117 Å². The van der Waals surface area contributed by atoms with Gasteiger partial charge in [-0.2, -0.15) is 5.10 Å². The number of rotatable bonds is 12. The number of likely N-dealkylation sites (N-methyl/N-ethyl adjacent to an activating group) is 1. The number of ketones is 1. The fourth-order valence-electron chi connectivity index (χ4n) is 6.67. The molecule has 2 heterocycles. The van der Waals surface area contributed by atoms with Gasteiger partial charge in [0.2, 0.25) is 5.91 Å². The molecule has 12 heteroatoms. The molecule has 2 unspecified atom stereocenters. The van der Waals surface area contributed by atoms with Crippen molar-refractivity contribution < 1.29 is 28.0 Å². The lowest BCUT2D eigenvalue weighted by atomic mass is 9.77. The molecule has 1 saturated carbocycles. The summed E-state index contributed by atoms with van der Waals surface area (Å²) in [5, 5.41) is 9.67. The Morgan fingerprint density at radius 3 is 2.34 bits per heavy atom. The van der Waals surface area contributed by atoms with E-state index in [1.165, 1.54) is 12.1 Å². The van der Waals surface area contributed by atoms with Crippen molar-refractivity contribution in [3.05, 3.63) is 53.1 Å². The van der Waals surface area contributed by atoms with Crippen LogP contribution >= 0.6 is 0 Å². The summed E-state index contributed by atoms with van der Waals surface area (Å²) in [4.78, 5) is 56.9. The number of aromatic nitrogens is 2. The lowest BCUT2D eigenvalue weighted by Crippen LogP contribution is -2.58. The lowest BCUT2D eigenvalue weighted by molar-refractivity contribution is -0.140. The highest BCUT2D eigenvalue weighted by Crippen LogP contribution is 2.32. The first-order chi connectivity index (χ1) is 22.3. The Bertz CT molecular complexity index is 1420. The summed E-state index contributed by atoms with van der Waals surface area (Å²) in [5.41, 5.74) is 0.971. The molecule has 0 bridgehead atoms. The standard InChI is InChI=1S/C35H50F2N6O4/c1-7-43-29(14-15-38-43)34(46)40-32(25-10-8-21(2)9-11-25)30(44)19-27-13-12-26(18-28(27)37)23(4)31(39-33(45)24(5)36)35(47)42-17-16-41(6)22(3)20-42/h12-15,18,21-25,31-32H,7-11,16-17,19-20H2,1-6H3,(H,39,45)(H,40,46)/t21?,22-,23+,24?,25?,31?,32+/m1/s1. The third-order valence-corrected chi connectivity index (χ3v) is 10.1. The number of carbonyl (C=O) groups excluding carboxylic acids is 4. The molecule has 258 valence electrons. The molecule has 5 atom stereocenters. The number of hydrogen-bond donors (Lipinski definition) is 2. The van der Waals surface area contributed by atoms with Crippen molar-refractivity contribution in [2.45, 2.75) is 103 Å². The van der Waals surface area contributed by atoms with Gasteiger partial charge in [-0.15, -0.1) is 0 Å². The molecule has 1 aliphatic carbocycles. The molecule has 10 nitrogen and oxygen atoms in total. The highest BCUT2D eigenvalue weighted by atomic mass is 19.1. The Hall–Kier alpha value is -3.67. The Kier molecular flexibility index (Phi) is 12.3. The predicted octanol–water partition coefficient (Wildman–Crippen LogP) is 3.89. The molecule has 1 aliphatic heterocycles. The third-order valence-electron chi connectivity index (χ3n) is 10.1. The molecule has 2 N–H and O–H groups in total. The van der Waals surface area contributed by atoms with Gasteiger partial charge in [-0.1, -0.05) is 38.8 Å². The third kappa shape index (κ3) is 8.82. The minimum atomic E-state index is -1.82. The number of nitrogens with one attached hydrogen (secondary N) is 2. The zero-order chi connectivity index (χ0) is 34.4. The van der Waals surface area contributed by atoms with E-state index < -0.39 is 35.9 Å². The number of amides is 3. The number of benzene rings is 1. The maximum atomic E-state index is 15.7. The van der Waals surface area contributed by atoms with Gasteiger partial charge in [-0.25, -0.2) is 8.78 Å². The largest absolute Gasteiger partial charge is 0.341 e. The zero-order valence-electron chi connectivity index (χ0n) is 28.5. The smallest absolute Gasteiger partial charge is 0.270 e. The van der Waals surface area contributed by atoms with Gasteiger partial charge < -0.3 is 20.4 Å². The first-order valence-electron chi connectivity index (χ1n) is 16.9. The monoisotopic (exact) mass is 656 g/mol. The first-order valence-corrected chi connectivity index (χ1v) is 16.9. The molecule has 4 rings (SSSR count). The number of alkyl halides is 1. The number of piperazine rings is 1. The average molecular weight is 657 g/mol. The van der Waals surface area contributed by atoms with Gasteiger partial charge in [-0.05, 0) is 75.8 Å². The Labute approximate surface area is 276 Å². The van der Waals surface area contributed by atoms with Crippen LogP contribution in [0.1, 0.15) is 87.8 Å². The maximum Gasteiger partial charge on any atom is 0.270 e. The fourth-order valence-corrected chi connectivity index (χ4v) is 6.67. The van der Waals surface area contributed by atoms with E-state index in [1.807, 2.05) is 20.9 Å². The van der Waals surface area contributed by atoms with Crippen molar-refractivity contribution in [1.29, 1.82) is 0 Å². The van der Waals surface area contributed by atoms with Crippen LogP contribution in [0.15, 0.2) is 30.5 Å². The van der Waals surface area contributed by atoms with Crippen molar-refractivity contribution in [2.24, 2.45) is 11.8 Å². The maximum absolute atomic E-state index is 15.7. The van der Waals surface area contributed by atoms with Crippen molar-refractivity contribution in [1.82, 2.24) is 30.2 Å². The fraction of sp³-hybridized carbons (Fsp3) is 0.629. The molecule has 3 amide bonds. The molecule has 1 saturated heterocycles. The first kappa shape index (κ1) is 36.2. The van der Waals surface area contributed by atoms with Gasteiger partial charge in [0, 0.05) is 50.8 Å². The van der Waals surface area contributed by atoms with E-state index in [0.29, 0.717) is 43.4 Å². The molecule has 2 aromatic rings. The average Bonchev–Trinajstić information content (AvgIpc) is 3.53. The van der Waals surface area contributed by atoms with E-state index in [9.17, 15) is 23.6 Å². The van der Waals surface area contributed by atoms with Crippen LogP contribution in [0.5, 0.6) is 0 Å². The van der Waals surface area contributed by atoms with Crippen LogP contribution in [0.25, 0.3) is 0 Å². The molecule has 47 heavy (non-hydrogen) atoms.